The van der Waals surface area contributed by atoms with Crippen LogP contribution in [0.25, 0.3) is 0 Å². The first-order valence-electron chi connectivity index (χ1n) is 7.59. The Bertz CT molecular complexity index is 486. The van der Waals surface area contributed by atoms with Gasteiger partial charge in [-0.05, 0) is 41.9 Å². The minimum atomic E-state index is 0.117. The number of hydrogen-bond donors (Lipinski definition) is 1. The molecule has 1 aliphatic heterocycles. The van der Waals surface area contributed by atoms with Gasteiger partial charge in [0.05, 0.1) is 0 Å². The standard InChI is InChI=1S/C17H23NO/c1-11(2)13-7-8-14-15(9-13)17(19)18-10-16(14)12-5-3-4-6-12/h7-9,11-12,16H,3-6,10H2,1-2H3,(H,18,19). The molecule has 2 heteroatoms. The molecular weight excluding hydrogens is 234 g/mol. The fraction of sp³-hybridized carbons (Fsp3) is 0.588. The molecule has 1 aromatic carbocycles. The molecule has 0 radical (unpaired) electrons. The molecule has 1 N–H and O–H groups in total. The Morgan fingerprint density at radius 3 is 2.63 bits per heavy atom. The van der Waals surface area contributed by atoms with Crippen LogP contribution < -0.4 is 5.32 Å². The van der Waals surface area contributed by atoms with Gasteiger partial charge < -0.3 is 5.32 Å². The summed E-state index contributed by atoms with van der Waals surface area (Å²) in [6.07, 6.45) is 5.36. The van der Waals surface area contributed by atoms with E-state index in [4.69, 9.17) is 0 Å². The lowest BCUT2D eigenvalue weighted by Crippen LogP contribution is -2.37. The molecule has 0 saturated heterocycles. The summed E-state index contributed by atoms with van der Waals surface area (Å²) in [6.45, 7) is 5.19. The lowest BCUT2D eigenvalue weighted by molar-refractivity contribution is 0.0934. The molecule has 1 heterocycles. The number of rotatable bonds is 2. The molecule has 102 valence electrons. The van der Waals surface area contributed by atoms with E-state index in [-0.39, 0.29) is 5.91 Å². The summed E-state index contributed by atoms with van der Waals surface area (Å²) in [5, 5.41) is 3.09. The maximum atomic E-state index is 12.1. The molecule has 0 spiro atoms. The van der Waals surface area contributed by atoms with Crippen LogP contribution in [0.1, 0.15) is 72.9 Å². The number of carbonyl (C=O) groups is 1. The second kappa shape index (κ2) is 4.99. The summed E-state index contributed by atoms with van der Waals surface area (Å²) in [7, 11) is 0. The van der Waals surface area contributed by atoms with E-state index >= 15 is 0 Å². The van der Waals surface area contributed by atoms with Crippen molar-refractivity contribution in [3.05, 3.63) is 34.9 Å². The molecule has 1 aromatic rings. The van der Waals surface area contributed by atoms with Crippen LogP contribution in [0.3, 0.4) is 0 Å². The van der Waals surface area contributed by atoms with Gasteiger partial charge in [0.25, 0.3) is 5.91 Å². The quantitative estimate of drug-likeness (QED) is 0.857. The van der Waals surface area contributed by atoms with Crippen molar-refractivity contribution in [1.82, 2.24) is 5.32 Å². The van der Waals surface area contributed by atoms with Gasteiger partial charge in [0, 0.05) is 18.0 Å². The van der Waals surface area contributed by atoms with Gasteiger partial charge in [0.2, 0.25) is 0 Å². The Balaban J connectivity index is 1.98. The van der Waals surface area contributed by atoms with Crippen molar-refractivity contribution in [3.8, 4) is 0 Å². The van der Waals surface area contributed by atoms with Crippen LogP contribution in [0, 0.1) is 5.92 Å². The zero-order valence-corrected chi connectivity index (χ0v) is 11.9. The van der Waals surface area contributed by atoms with Gasteiger partial charge in [-0.1, -0.05) is 38.8 Å². The Morgan fingerprint density at radius 2 is 1.95 bits per heavy atom. The molecule has 0 aromatic heterocycles. The minimum Gasteiger partial charge on any atom is -0.351 e. The van der Waals surface area contributed by atoms with Crippen molar-refractivity contribution in [2.45, 2.75) is 51.4 Å². The molecule has 1 saturated carbocycles. The highest BCUT2D eigenvalue weighted by atomic mass is 16.1. The number of carbonyl (C=O) groups excluding carboxylic acids is 1. The summed E-state index contributed by atoms with van der Waals surface area (Å²) in [5.74, 6) is 1.90. The van der Waals surface area contributed by atoms with Gasteiger partial charge >= 0.3 is 0 Å². The topological polar surface area (TPSA) is 29.1 Å². The van der Waals surface area contributed by atoms with Crippen LogP contribution in [0.5, 0.6) is 0 Å². The summed E-state index contributed by atoms with van der Waals surface area (Å²) in [4.78, 5) is 12.1. The second-order valence-corrected chi connectivity index (χ2v) is 6.36. The van der Waals surface area contributed by atoms with Gasteiger partial charge in [-0.2, -0.15) is 0 Å². The third kappa shape index (κ3) is 2.29. The molecular formula is C17H23NO. The number of benzene rings is 1. The van der Waals surface area contributed by atoms with E-state index in [9.17, 15) is 4.79 Å². The smallest absolute Gasteiger partial charge is 0.251 e. The molecule has 1 unspecified atom stereocenters. The predicted octanol–water partition coefficient (Wildman–Crippen LogP) is 3.83. The Labute approximate surface area is 115 Å². The van der Waals surface area contributed by atoms with Crippen molar-refractivity contribution in [1.29, 1.82) is 0 Å². The highest BCUT2D eigenvalue weighted by molar-refractivity contribution is 5.97. The van der Waals surface area contributed by atoms with Crippen LogP contribution in [-0.4, -0.2) is 12.5 Å². The van der Waals surface area contributed by atoms with Gasteiger partial charge in [-0.3, -0.25) is 4.79 Å². The fourth-order valence-electron chi connectivity index (χ4n) is 3.64. The van der Waals surface area contributed by atoms with Crippen LogP contribution in [0.15, 0.2) is 18.2 Å². The average Bonchev–Trinajstić information content (AvgIpc) is 2.92. The number of nitrogens with one attached hydrogen (secondary N) is 1. The van der Waals surface area contributed by atoms with E-state index in [1.54, 1.807) is 0 Å². The number of hydrogen-bond acceptors (Lipinski definition) is 1. The van der Waals surface area contributed by atoms with Crippen molar-refractivity contribution in [2.24, 2.45) is 5.92 Å². The molecule has 1 amide bonds. The van der Waals surface area contributed by atoms with Crippen LogP contribution in [0.2, 0.25) is 0 Å². The first-order valence-corrected chi connectivity index (χ1v) is 7.59. The predicted molar refractivity (Wildman–Crippen MR) is 77.6 cm³/mol. The van der Waals surface area contributed by atoms with E-state index in [0.717, 1.165) is 18.0 Å². The lowest BCUT2D eigenvalue weighted by atomic mass is 9.79. The molecule has 1 fully saturated rings. The highest BCUT2D eigenvalue weighted by Crippen LogP contribution is 2.40. The Hall–Kier alpha value is -1.31. The van der Waals surface area contributed by atoms with Gasteiger partial charge in [0.1, 0.15) is 0 Å². The Kier molecular flexibility index (Phi) is 3.34. The van der Waals surface area contributed by atoms with Gasteiger partial charge in [-0.15, -0.1) is 0 Å². The molecule has 2 aliphatic rings. The van der Waals surface area contributed by atoms with E-state index in [2.05, 4.69) is 37.4 Å². The summed E-state index contributed by atoms with van der Waals surface area (Å²) >= 11 is 0. The van der Waals surface area contributed by atoms with Crippen molar-refractivity contribution < 1.29 is 4.79 Å². The summed E-state index contributed by atoms with van der Waals surface area (Å²) in [5.41, 5.74) is 3.48. The number of fused-ring (bicyclic) bond motifs is 1. The maximum Gasteiger partial charge on any atom is 0.251 e. The van der Waals surface area contributed by atoms with Crippen LogP contribution in [-0.2, 0) is 0 Å². The summed E-state index contributed by atoms with van der Waals surface area (Å²) in [6, 6.07) is 6.53. The van der Waals surface area contributed by atoms with E-state index in [0.29, 0.717) is 11.8 Å². The van der Waals surface area contributed by atoms with E-state index in [1.807, 2.05) is 0 Å². The lowest BCUT2D eigenvalue weighted by Gasteiger charge is -2.30. The monoisotopic (exact) mass is 257 g/mol. The van der Waals surface area contributed by atoms with E-state index in [1.165, 1.54) is 36.8 Å². The van der Waals surface area contributed by atoms with Crippen LogP contribution >= 0.6 is 0 Å². The largest absolute Gasteiger partial charge is 0.351 e. The third-order valence-electron chi connectivity index (χ3n) is 4.84. The van der Waals surface area contributed by atoms with Crippen LogP contribution in [0.4, 0.5) is 0 Å². The first-order chi connectivity index (χ1) is 9.16. The zero-order chi connectivity index (χ0) is 13.4. The molecule has 1 atom stereocenters. The van der Waals surface area contributed by atoms with E-state index < -0.39 is 0 Å². The maximum absolute atomic E-state index is 12.1. The third-order valence-corrected chi connectivity index (χ3v) is 4.84. The van der Waals surface area contributed by atoms with Crippen molar-refractivity contribution in [3.63, 3.8) is 0 Å². The fourth-order valence-corrected chi connectivity index (χ4v) is 3.64. The van der Waals surface area contributed by atoms with Crippen molar-refractivity contribution in [2.75, 3.05) is 6.54 Å². The SMILES string of the molecule is CC(C)c1ccc2c(c1)C(=O)NCC2C1CCCC1. The minimum absolute atomic E-state index is 0.117. The highest BCUT2D eigenvalue weighted by Gasteiger charge is 2.32. The van der Waals surface area contributed by atoms with Gasteiger partial charge in [0.15, 0.2) is 0 Å². The molecule has 1 aliphatic carbocycles. The summed E-state index contributed by atoms with van der Waals surface area (Å²) < 4.78 is 0. The average molecular weight is 257 g/mol. The van der Waals surface area contributed by atoms with Gasteiger partial charge in [-0.25, -0.2) is 0 Å². The second-order valence-electron chi connectivity index (χ2n) is 6.36. The Morgan fingerprint density at radius 1 is 1.21 bits per heavy atom. The van der Waals surface area contributed by atoms with Crippen molar-refractivity contribution >= 4 is 5.91 Å². The molecule has 0 bridgehead atoms. The number of amides is 1. The molecule has 3 rings (SSSR count). The normalized spacial score (nSPS) is 23.5. The first kappa shape index (κ1) is 12.7. The molecule has 2 nitrogen and oxygen atoms in total. The zero-order valence-electron chi connectivity index (χ0n) is 11.9. The molecule has 19 heavy (non-hydrogen) atoms.